The number of rotatable bonds is 2. The predicted molar refractivity (Wildman–Crippen MR) is 61.6 cm³/mol. The Kier molecular flexibility index (Phi) is 3.33. The Hall–Kier alpha value is -2.24. The molecule has 98 valence electrons. The molecule has 1 aromatic heterocycles. The van der Waals surface area contributed by atoms with Gasteiger partial charge in [-0.1, -0.05) is 6.07 Å². The van der Waals surface area contributed by atoms with Crippen LogP contribution < -0.4 is 0 Å². The number of aryl methyl sites for hydroxylation is 1. The average molecular weight is 266 g/mol. The number of alkyl halides is 3. The fourth-order valence-electron chi connectivity index (χ4n) is 1.67. The van der Waals surface area contributed by atoms with Crippen LogP contribution in [-0.2, 0) is 6.18 Å². The molecule has 2 rings (SSSR count). The Labute approximate surface area is 107 Å². The average Bonchev–Trinajstić information content (AvgIpc) is 2.38. The molecule has 0 aliphatic heterocycles. The number of halogens is 3. The van der Waals surface area contributed by atoms with Crippen molar-refractivity contribution in [3.63, 3.8) is 0 Å². The maximum Gasteiger partial charge on any atom is 0.416 e. The van der Waals surface area contributed by atoms with Crippen molar-refractivity contribution in [2.75, 3.05) is 0 Å². The van der Waals surface area contributed by atoms with E-state index in [0.29, 0.717) is 0 Å². The van der Waals surface area contributed by atoms with Crippen molar-refractivity contribution in [1.82, 2.24) is 9.97 Å². The van der Waals surface area contributed by atoms with E-state index < -0.39 is 17.5 Å². The molecule has 1 aromatic carbocycles. The Morgan fingerprint density at radius 2 is 1.79 bits per heavy atom. The molecule has 0 saturated carbocycles. The first-order valence-electron chi connectivity index (χ1n) is 5.37. The Morgan fingerprint density at radius 3 is 2.32 bits per heavy atom. The van der Waals surface area contributed by atoms with E-state index in [9.17, 15) is 18.0 Å². The van der Waals surface area contributed by atoms with Gasteiger partial charge in [-0.25, -0.2) is 9.97 Å². The number of carbonyl (C=O) groups excluding carboxylic acids is 1. The quantitative estimate of drug-likeness (QED) is 0.785. The molecular weight excluding hydrogens is 257 g/mol. The molecule has 0 N–H and O–H groups in total. The minimum absolute atomic E-state index is 0.211. The lowest BCUT2D eigenvalue weighted by molar-refractivity contribution is -0.137. The van der Waals surface area contributed by atoms with Crippen molar-refractivity contribution in [3.8, 4) is 0 Å². The molecule has 2 aromatic rings. The largest absolute Gasteiger partial charge is 0.416 e. The summed E-state index contributed by atoms with van der Waals surface area (Å²) in [7, 11) is 0. The number of carbonyl (C=O) groups is 1. The Balaban J connectivity index is 2.40. The summed E-state index contributed by atoms with van der Waals surface area (Å²) in [6.45, 7) is 1.46. The van der Waals surface area contributed by atoms with Gasteiger partial charge in [0, 0.05) is 18.0 Å². The van der Waals surface area contributed by atoms with Crippen molar-refractivity contribution in [3.05, 3.63) is 59.2 Å². The molecule has 0 fully saturated rings. The standard InChI is InChI=1S/C13H9F3N2O/c1-8-4-10(13(14,15)16)2-3-11(8)12(19)9-5-17-7-18-6-9/h2-7H,1H3. The van der Waals surface area contributed by atoms with Crippen molar-refractivity contribution >= 4 is 5.78 Å². The highest BCUT2D eigenvalue weighted by molar-refractivity contribution is 6.09. The van der Waals surface area contributed by atoms with E-state index in [1.54, 1.807) is 0 Å². The van der Waals surface area contributed by atoms with Crippen LogP contribution in [0.1, 0.15) is 27.0 Å². The van der Waals surface area contributed by atoms with E-state index >= 15 is 0 Å². The zero-order valence-corrected chi connectivity index (χ0v) is 9.90. The van der Waals surface area contributed by atoms with Gasteiger partial charge >= 0.3 is 6.18 Å². The minimum atomic E-state index is -4.41. The monoisotopic (exact) mass is 266 g/mol. The lowest BCUT2D eigenvalue weighted by atomic mass is 9.98. The lowest BCUT2D eigenvalue weighted by Crippen LogP contribution is -2.09. The number of nitrogens with zero attached hydrogens (tertiary/aromatic N) is 2. The van der Waals surface area contributed by atoms with Gasteiger partial charge < -0.3 is 0 Å². The number of ketones is 1. The SMILES string of the molecule is Cc1cc(C(F)(F)F)ccc1C(=O)c1cncnc1. The molecule has 0 amide bonds. The van der Waals surface area contributed by atoms with Gasteiger partial charge in [0.15, 0.2) is 5.78 Å². The van der Waals surface area contributed by atoms with Crippen LogP contribution in [0.15, 0.2) is 36.9 Å². The summed E-state index contributed by atoms with van der Waals surface area (Å²) in [5.74, 6) is -0.396. The fourth-order valence-corrected chi connectivity index (χ4v) is 1.67. The first-order chi connectivity index (χ1) is 8.89. The van der Waals surface area contributed by atoms with Crippen LogP contribution in [0.4, 0.5) is 13.2 Å². The molecule has 6 heteroatoms. The second-order valence-electron chi connectivity index (χ2n) is 3.98. The smallest absolute Gasteiger partial charge is 0.288 e. The number of benzene rings is 1. The van der Waals surface area contributed by atoms with Gasteiger partial charge in [-0.05, 0) is 24.6 Å². The third kappa shape index (κ3) is 2.78. The highest BCUT2D eigenvalue weighted by Gasteiger charge is 2.31. The third-order valence-corrected chi connectivity index (χ3v) is 2.62. The summed E-state index contributed by atoms with van der Waals surface area (Å²) in [5, 5.41) is 0. The molecule has 0 atom stereocenters. The molecule has 0 radical (unpaired) electrons. The van der Waals surface area contributed by atoms with E-state index in [1.807, 2.05) is 0 Å². The topological polar surface area (TPSA) is 42.9 Å². The van der Waals surface area contributed by atoms with E-state index in [-0.39, 0.29) is 16.7 Å². The summed E-state index contributed by atoms with van der Waals surface area (Å²) < 4.78 is 37.6. The van der Waals surface area contributed by atoms with E-state index in [4.69, 9.17) is 0 Å². The molecule has 0 spiro atoms. The molecule has 0 bridgehead atoms. The summed E-state index contributed by atoms with van der Waals surface area (Å²) in [6, 6.07) is 3.02. The Bertz CT molecular complexity index is 609. The van der Waals surface area contributed by atoms with Gasteiger partial charge in [0.05, 0.1) is 11.1 Å². The number of hydrogen-bond acceptors (Lipinski definition) is 3. The first-order valence-corrected chi connectivity index (χ1v) is 5.37. The fraction of sp³-hybridized carbons (Fsp3) is 0.154. The van der Waals surface area contributed by atoms with Gasteiger partial charge in [-0.3, -0.25) is 4.79 Å². The van der Waals surface area contributed by atoms with Crippen LogP contribution in [0.5, 0.6) is 0 Å². The molecule has 19 heavy (non-hydrogen) atoms. The van der Waals surface area contributed by atoms with Crippen LogP contribution in [0.2, 0.25) is 0 Å². The highest BCUT2D eigenvalue weighted by Crippen LogP contribution is 2.30. The Morgan fingerprint density at radius 1 is 1.16 bits per heavy atom. The summed E-state index contributed by atoms with van der Waals surface area (Å²) in [4.78, 5) is 19.5. The van der Waals surface area contributed by atoms with Crippen LogP contribution in [0, 0.1) is 6.92 Å². The van der Waals surface area contributed by atoms with E-state index in [1.165, 1.54) is 31.7 Å². The first kappa shape index (κ1) is 13.2. The lowest BCUT2D eigenvalue weighted by Gasteiger charge is -2.10. The van der Waals surface area contributed by atoms with Gasteiger partial charge in [-0.2, -0.15) is 13.2 Å². The molecule has 1 heterocycles. The van der Waals surface area contributed by atoms with Crippen molar-refractivity contribution < 1.29 is 18.0 Å². The van der Waals surface area contributed by atoms with Gasteiger partial charge in [0.2, 0.25) is 0 Å². The van der Waals surface area contributed by atoms with E-state index in [0.717, 1.165) is 12.1 Å². The highest BCUT2D eigenvalue weighted by atomic mass is 19.4. The van der Waals surface area contributed by atoms with Crippen molar-refractivity contribution in [2.45, 2.75) is 13.1 Å². The number of hydrogen-bond donors (Lipinski definition) is 0. The molecular formula is C13H9F3N2O. The van der Waals surface area contributed by atoms with Crippen LogP contribution >= 0.6 is 0 Å². The third-order valence-electron chi connectivity index (χ3n) is 2.62. The van der Waals surface area contributed by atoms with Crippen molar-refractivity contribution in [2.24, 2.45) is 0 Å². The summed E-state index contributed by atoms with van der Waals surface area (Å²) >= 11 is 0. The van der Waals surface area contributed by atoms with Crippen LogP contribution in [-0.4, -0.2) is 15.8 Å². The predicted octanol–water partition coefficient (Wildman–Crippen LogP) is 3.03. The minimum Gasteiger partial charge on any atom is -0.288 e. The summed E-state index contributed by atoms with van der Waals surface area (Å²) in [6.07, 6.45) is -0.489. The van der Waals surface area contributed by atoms with Gasteiger partial charge in [0.25, 0.3) is 0 Å². The second kappa shape index (κ2) is 4.79. The van der Waals surface area contributed by atoms with E-state index in [2.05, 4.69) is 9.97 Å². The molecule has 0 aliphatic rings. The second-order valence-corrected chi connectivity index (χ2v) is 3.98. The molecule has 3 nitrogen and oxygen atoms in total. The maximum absolute atomic E-state index is 12.5. The van der Waals surface area contributed by atoms with Crippen molar-refractivity contribution in [1.29, 1.82) is 0 Å². The van der Waals surface area contributed by atoms with Gasteiger partial charge in [-0.15, -0.1) is 0 Å². The summed E-state index contributed by atoms with van der Waals surface area (Å²) in [5.41, 5.74) is -0.0531. The van der Waals surface area contributed by atoms with Crippen LogP contribution in [0.25, 0.3) is 0 Å². The maximum atomic E-state index is 12.5. The zero-order valence-electron chi connectivity index (χ0n) is 9.90. The van der Waals surface area contributed by atoms with Crippen LogP contribution in [0.3, 0.4) is 0 Å². The van der Waals surface area contributed by atoms with Gasteiger partial charge in [0.1, 0.15) is 6.33 Å². The molecule has 0 saturated heterocycles. The molecule has 0 aliphatic carbocycles. The normalized spacial score (nSPS) is 11.4. The zero-order chi connectivity index (χ0) is 14.0. The molecule has 0 unspecified atom stereocenters. The number of aromatic nitrogens is 2.